The van der Waals surface area contributed by atoms with Gasteiger partial charge in [0, 0.05) is 17.8 Å². The molecule has 33 heavy (non-hydrogen) atoms. The minimum Gasteiger partial charge on any atom is -0.350 e. The molecule has 0 aromatic heterocycles. The third-order valence-electron chi connectivity index (χ3n) is 5.59. The first kappa shape index (κ1) is 22.0. The number of carbonyl (C=O) groups excluding carboxylic acids is 2. The second-order valence-corrected chi connectivity index (χ2v) is 8.24. The molecule has 4 rings (SSSR count). The van der Waals surface area contributed by atoms with Crippen molar-refractivity contribution in [2.75, 3.05) is 10.2 Å². The molecule has 0 spiro atoms. The second-order valence-electron chi connectivity index (χ2n) is 8.24. The summed E-state index contributed by atoms with van der Waals surface area (Å²) < 4.78 is 0. The molecule has 0 radical (unpaired) electrons. The van der Waals surface area contributed by atoms with Crippen molar-refractivity contribution in [3.8, 4) is 0 Å². The number of imide groups is 1. The molecule has 3 aromatic carbocycles. The van der Waals surface area contributed by atoms with E-state index < -0.39 is 16.7 Å². The van der Waals surface area contributed by atoms with Gasteiger partial charge >= 0.3 is 0 Å². The van der Waals surface area contributed by atoms with Crippen LogP contribution in [0, 0.1) is 17.0 Å². The number of nitro benzene ring substituents is 1. The van der Waals surface area contributed by atoms with Gasteiger partial charge in [0.2, 0.25) is 0 Å². The number of nitrogens with zero attached hydrogens (tertiary/aromatic N) is 2. The lowest BCUT2D eigenvalue weighted by Crippen LogP contribution is -2.32. The molecule has 7 nitrogen and oxygen atoms in total. The van der Waals surface area contributed by atoms with Crippen molar-refractivity contribution in [1.82, 2.24) is 0 Å². The molecule has 3 aromatic rings. The van der Waals surface area contributed by atoms with Crippen LogP contribution in [-0.4, -0.2) is 16.7 Å². The van der Waals surface area contributed by atoms with E-state index >= 15 is 0 Å². The summed E-state index contributed by atoms with van der Waals surface area (Å²) in [5.41, 5.74) is 3.92. The molecular formula is C26H23N3O4. The van der Waals surface area contributed by atoms with E-state index in [0.717, 1.165) is 16.0 Å². The smallest absolute Gasteiger partial charge is 0.282 e. The molecule has 0 aliphatic carbocycles. The maximum Gasteiger partial charge on any atom is 0.282 e. The van der Waals surface area contributed by atoms with Gasteiger partial charge in [0.15, 0.2) is 0 Å². The Bertz CT molecular complexity index is 1260. The van der Waals surface area contributed by atoms with Crippen LogP contribution in [0.25, 0.3) is 5.57 Å². The van der Waals surface area contributed by atoms with Gasteiger partial charge in [0.1, 0.15) is 5.70 Å². The number of carbonyl (C=O) groups is 2. The van der Waals surface area contributed by atoms with Gasteiger partial charge in [-0.3, -0.25) is 19.7 Å². The number of nitro groups is 1. The predicted molar refractivity (Wildman–Crippen MR) is 128 cm³/mol. The summed E-state index contributed by atoms with van der Waals surface area (Å²) in [5, 5.41) is 14.2. The van der Waals surface area contributed by atoms with Gasteiger partial charge in [-0.1, -0.05) is 43.7 Å². The quantitative estimate of drug-likeness (QED) is 0.313. The van der Waals surface area contributed by atoms with Crippen LogP contribution in [-0.2, 0) is 9.59 Å². The minimum atomic E-state index is -0.506. The Morgan fingerprint density at radius 3 is 2.00 bits per heavy atom. The zero-order chi connectivity index (χ0) is 23.7. The molecule has 0 bridgehead atoms. The SMILES string of the molecule is Cc1ccc(N2C(=O)C(Nc3ccc(C(C)C)cc3)=C(c3ccc([N+](=O)[O-])cc3)C2=O)cc1. The number of hydrogen-bond donors (Lipinski definition) is 1. The van der Waals surface area contributed by atoms with Crippen molar-refractivity contribution >= 4 is 34.4 Å². The predicted octanol–water partition coefficient (Wildman–Crippen LogP) is 5.42. The van der Waals surface area contributed by atoms with E-state index in [9.17, 15) is 19.7 Å². The summed E-state index contributed by atoms with van der Waals surface area (Å²) in [6.45, 7) is 6.11. The number of rotatable bonds is 6. The summed E-state index contributed by atoms with van der Waals surface area (Å²) in [6, 6.07) is 20.4. The molecule has 7 heteroatoms. The molecule has 0 fully saturated rings. The Kier molecular flexibility index (Phi) is 5.79. The number of anilines is 2. The van der Waals surface area contributed by atoms with E-state index in [1.165, 1.54) is 24.3 Å². The topological polar surface area (TPSA) is 92.6 Å². The summed E-state index contributed by atoms with van der Waals surface area (Å²) in [5.74, 6) is -0.607. The lowest BCUT2D eigenvalue weighted by atomic mass is 10.0. The zero-order valence-corrected chi connectivity index (χ0v) is 18.5. The standard InChI is InChI=1S/C26H23N3O4/c1-16(2)18-6-10-20(11-7-18)27-24-23(19-8-14-22(15-9-19)29(32)33)25(30)28(26(24)31)21-12-4-17(3)5-13-21/h4-16,27H,1-3H3. The molecule has 166 valence electrons. The van der Waals surface area contributed by atoms with Crippen LogP contribution in [0.15, 0.2) is 78.5 Å². The fourth-order valence-corrected chi connectivity index (χ4v) is 3.69. The van der Waals surface area contributed by atoms with Gasteiger partial charge in [-0.05, 0) is 60.4 Å². The molecule has 1 aliphatic rings. The third kappa shape index (κ3) is 4.25. The molecule has 0 saturated heterocycles. The first-order valence-corrected chi connectivity index (χ1v) is 10.6. The number of non-ortho nitro benzene ring substituents is 1. The Labute approximate surface area is 191 Å². The van der Waals surface area contributed by atoms with Gasteiger partial charge in [-0.2, -0.15) is 0 Å². The van der Waals surface area contributed by atoms with Crippen molar-refractivity contribution in [1.29, 1.82) is 0 Å². The van der Waals surface area contributed by atoms with Crippen molar-refractivity contribution in [2.45, 2.75) is 26.7 Å². The first-order chi connectivity index (χ1) is 15.8. The lowest BCUT2D eigenvalue weighted by molar-refractivity contribution is -0.384. The highest BCUT2D eigenvalue weighted by Crippen LogP contribution is 2.34. The highest BCUT2D eigenvalue weighted by Gasteiger charge is 2.40. The van der Waals surface area contributed by atoms with Crippen molar-refractivity contribution in [2.24, 2.45) is 0 Å². The first-order valence-electron chi connectivity index (χ1n) is 10.6. The Morgan fingerprint density at radius 1 is 0.848 bits per heavy atom. The molecule has 2 amide bonds. The lowest BCUT2D eigenvalue weighted by Gasteiger charge is -2.15. The van der Waals surface area contributed by atoms with E-state index in [2.05, 4.69) is 19.2 Å². The zero-order valence-electron chi connectivity index (χ0n) is 18.5. The normalized spacial score (nSPS) is 13.8. The van der Waals surface area contributed by atoms with Crippen molar-refractivity contribution in [3.05, 3.63) is 105 Å². The Balaban J connectivity index is 1.78. The summed E-state index contributed by atoms with van der Waals surface area (Å²) >= 11 is 0. The van der Waals surface area contributed by atoms with E-state index in [1.807, 2.05) is 43.3 Å². The number of aryl methyl sites for hydroxylation is 1. The monoisotopic (exact) mass is 441 g/mol. The highest BCUT2D eigenvalue weighted by atomic mass is 16.6. The summed E-state index contributed by atoms with van der Waals surface area (Å²) in [4.78, 5) is 38.5. The van der Waals surface area contributed by atoms with Crippen LogP contribution in [0.5, 0.6) is 0 Å². The van der Waals surface area contributed by atoms with Crippen LogP contribution in [0.2, 0.25) is 0 Å². The van der Waals surface area contributed by atoms with Crippen LogP contribution in [0.1, 0.15) is 36.5 Å². The van der Waals surface area contributed by atoms with Crippen LogP contribution in [0.4, 0.5) is 17.1 Å². The average Bonchev–Trinajstić information content (AvgIpc) is 3.04. The maximum absolute atomic E-state index is 13.4. The molecule has 0 atom stereocenters. The molecule has 0 unspecified atom stereocenters. The Morgan fingerprint density at radius 2 is 1.45 bits per heavy atom. The summed E-state index contributed by atoms with van der Waals surface area (Å²) in [6.07, 6.45) is 0. The maximum atomic E-state index is 13.4. The van der Waals surface area contributed by atoms with Gasteiger partial charge < -0.3 is 5.32 Å². The number of amides is 2. The fraction of sp³-hybridized carbons (Fsp3) is 0.154. The molecule has 1 aliphatic heterocycles. The van der Waals surface area contributed by atoms with Gasteiger partial charge in [0.05, 0.1) is 16.2 Å². The number of nitrogens with one attached hydrogen (secondary N) is 1. The number of hydrogen-bond acceptors (Lipinski definition) is 5. The minimum absolute atomic E-state index is 0.0923. The average molecular weight is 441 g/mol. The van der Waals surface area contributed by atoms with Gasteiger partial charge in [-0.15, -0.1) is 0 Å². The number of benzene rings is 3. The molecule has 1 heterocycles. The van der Waals surface area contributed by atoms with Crippen LogP contribution in [0.3, 0.4) is 0 Å². The van der Waals surface area contributed by atoms with Crippen LogP contribution >= 0.6 is 0 Å². The van der Waals surface area contributed by atoms with Crippen LogP contribution < -0.4 is 10.2 Å². The molecular weight excluding hydrogens is 418 g/mol. The fourth-order valence-electron chi connectivity index (χ4n) is 3.69. The largest absolute Gasteiger partial charge is 0.350 e. The van der Waals surface area contributed by atoms with E-state index in [0.29, 0.717) is 22.9 Å². The summed E-state index contributed by atoms with van der Waals surface area (Å²) in [7, 11) is 0. The van der Waals surface area contributed by atoms with E-state index in [4.69, 9.17) is 0 Å². The van der Waals surface area contributed by atoms with Gasteiger partial charge in [0.25, 0.3) is 17.5 Å². The second kappa shape index (κ2) is 8.70. The van der Waals surface area contributed by atoms with Gasteiger partial charge in [-0.25, -0.2) is 4.90 Å². The van der Waals surface area contributed by atoms with E-state index in [1.54, 1.807) is 12.1 Å². The molecule has 0 saturated carbocycles. The van der Waals surface area contributed by atoms with Crippen molar-refractivity contribution < 1.29 is 14.5 Å². The molecule has 1 N–H and O–H groups in total. The Hall–Kier alpha value is -4.26. The van der Waals surface area contributed by atoms with E-state index in [-0.39, 0.29) is 17.0 Å². The highest BCUT2D eigenvalue weighted by molar-refractivity contribution is 6.46. The van der Waals surface area contributed by atoms with Crippen molar-refractivity contribution in [3.63, 3.8) is 0 Å². The third-order valence-corrected chi connectivity index (χ3v) is 5.59.